The van der Waals surface area contributed by atoms with E-state index in [1.807, 2.05) is 0 Å². The number of H-pyrrole nitrogens is 2. The van der Waals surface area contributed by atoms with Crippen LogP contribution in [0.1, 0.15) is 12.5 Å². The van der Waals surface area contributed by atoms with Gasteiger partial charge in [-0.25, -0.2) is 29.3 Å². The van der Waals surface area contributed by atoms with Gasteiger partial charge in [0.15, 0.2) is 34.8 Å². The van der Waals surface area contributed by atoms with Crippen LogP contribution in [0.25, 0.3) is 22.3 Å². The smallest absolute Gasteiger partial charge is 0.387 e. The van der Waals surface area contributed by atoms with Gasteiger partial charge in [-0.2, -0.15) is 9.97 Å². The molecule has 12 N–H and O–H groups in total. The van der Waals surface area contributed by atoms with E-state index in [9.17, 15) is 38.7 Å². The van der Waals surface area contributed by atoms with E-state index in [0.717, 1.165) is 21.8 Å². The molecule has 7 rings (SSSR count). The van der Waals surface area contributed by atoms with Crippen molar-refractivity contribution in [3.63, 3.8) is 0 Å². The van der Waals surface area contributed by atoms with Gasteiger partial charge in [-0.15, -0.1) is 0 Å². The number of ether oxygens (including phenoxy) is 2. The second kappa shape index (κ2) is 11.0. The van der Waals surface area contributed by atoms with Crippen molar-refractivity contribution in [3.05, 3.63) is 33.4 Å². The van der Waals surface area contributed by atoms with E-state index >= 15 is 0 Å². The number of hydrogen-bond acceptors (Lipinski definition) is 16. The summed E-state index contributed by atoms with van der Waals surface area (Å²) in [4.78, 5) is 66.4. The Labute approximate surface area is 253 Å². The lowest BCUT2D eigenvalue weighted by Gasteiger charge is -2.29. The van der Waals surface area contributed by atoms with Gasteiger partial charge in [0.1, 0.15) is 24.4 Å². The zero-order chi connectivity index (χ0) is 32.7. The third-order valence-corrected chi connectivity index (χ3v) is 9.90. The van der Waals surface area contributed by atoms with Crippen molar-refractivity contribution in [2.24, 2.45) is 0 Å². The fourth-order valence-electron chi connectivity index (χ4n) is 5.61. The number of aromatic nitrogens is 8. The lowest BCUT2D eigenvalue weighted by molar-refractivity contribution is -0.0483. The van der Waals surface area contributed by atoms with Crippen molar-refractivity contribution in [3.8, 4) is 0 Å². The molecular formula is C20H26N12O12P2. The van der Waals surface area contributed by atoms with Crippen molar-refractivity contribution in [2.45, 2.75) is 49.0 Å². The van der Waals surface area contributed by atoms with Crippen molar-refractivity contribution in [2.75, 3.05) is 24.7 Å². The van der Waals surface area contributed by atoms with Gasteiger partial charge in [0.2, 0.25) is 11.9 Å². The molecule has 3 saturated heterocycles. The van der Waals surface area contributed by atoms with Gasteiger partial charge < -0.3 is 40.9 Å². The summed E-state index contributed by atoms with van der Waals surface area (Å²) < 4.78 is 50.9. The Morgan fingerprint density at radius 2 is 1.15 bits per heavy atom. The monoisotopic (exact) mass is 688 g/mol. The van der Waals surface area contributed by atoms with Crippen LogP contribution in [0.2, 0.25) is 0 Å². The molecule has 46 heavy (non-hydrogen) atoms. The van der Waals surface area contributed by atoms with Gasteiger partial charge in [0.05, 0.1) is 38.0 Å². The highest BCUT2D eigenvalue weighted by molar-refractivity contribution is 7.50. The first-order chi connectivity index (χ1) is 21.7. The molecule has 7 heterocycles. The topological polar surface area (TPSA) is 355 Å². The number of aromatic amines is 2. The Morgan fingerprint density at radius 3 is 1.54 bits per heavy atom. The Bertz CT molecular complexity index is 1900. The second-order valence-electron chi connectivity index (χ2n) is 10.6. The summed E-state index contributed by atoms with van der Waals surface area (Å²) in [5, 5.41) is 26.9. The van der Waals surface area contributed by atoms with Crippen molar-refractivity contribution >= 4 is 49.7 Å². The van der Waals surface area contributed by atoms with Gasteiger partial charge in [-0.05, 0) is 0 Å². The number of nitrogen functional groups attached to an aromatic ring is 2. The molecule has 4 aromatic rings. The van der Waals surface area contributed by atoms with Crippen LogP contribution in [0, 0.1) is 0 Å². The summed E-state index contributed by atoms with van der Waals surface area (Å²) >= 11 is 0. The van der Waals surface area contributed by atoms with Gasteiger partial charge >= 0.3 is 15.5 Å². The number of rotatable bonds is 2. The maximum absolute atomic E-state index is 13.2. The largest absolute Gasteiger partial charge is 0.403 e. The van der Waals surface area contributed by atoms with Gasteiger partial charge in [0.25, 0.3) is 11.1 Å². The highest BCUT2D eigenvalue weighted by Gasteiger charge is 2.52. The van der Waals surface area contributed by atoms with E-state index < -0.39 is 88.8 Å². The average molecular weight is 688 g/mol. The van der Waals surface area contributed by atoms with Crippen molar-refractivity contribution in [1.29, 1.82) is 0 Å². The third kappa shape index (κ3) is 5.33. The van der Waals surface area contributed by atoms with Crippen LogP contribution in [-0.4, -0.2) is 109 Å². The fourth-order valence-corrected chi connectivity index (χ4v) is 7.85. The molecule has 248 valence electrons. The van der Waals surface area contributed by atoms with Crippen LogP contribution >= 0.6 is 15.5 Å². The van der Waals surface area contributed by atoms with E-state index in [4.69, 9.17) is 30.0 Å². The standard InChI is InChI=1S/C20H26N12O12P2/c21-19-25-13-9(15(35)27-19)23-3-31(13)17-11(33)7-5(43-17)1-41-45(37,38)30-8-6(2-42-46(39,40)29-7)44-18(12(8)34)32-4-24-10-14(32)26-20(22)28-16(10)36/h3-8,11-12,17-18,33-34H,1-2H2,(H2,29,39,40)(H2,30,37,38)(H3,21,25,27,35)(H3,22,26,28,36). The third-order valence-electron chi connectivity index (χ3n) is 7.65. The van der Waals surface area contributed by atoms with Gasteiger partial charge in [-0.1, -0.05) is 0 Å². The minimum Gasteiger partial charge on any atom is -0.387 e. The van der Waals surface area contributed by atoms with Gasteiger partial charge in [-0.3, -0.25) is 37.7 Å². The number of imidazole rings is 2. The molecular weight excluding hydrogens is 662 g/mol. The molecule has 3 aliphatic heterocycles. The highest BCUT2D eigenvalue weighted by atomic mass is 31.2. The fraction of sp³-hybridized carbons (Fsp3) is 0.500. The first-order valence-electron chi connectivity index (χ1n) is 13.3. The average Bonchev–Trinajstić information content (AvgIpc) is 3.72. The summed E-state index contributed by atoms with van der Waals surface area (Å²) in [6.07, 6.45) is -6.61. The predicted octanol–water partition coefficient (Wildman–Crippen LogP) is -3.90. The lowest BCUT2D eigenvalue weighted by Crippen LogP contribution is -2.48. The second-order valence-corrected chi connectivity index (χ2v) is 13.7. The molecule has 0 bridgehead atoms. The summed E-state index contributed by atoms with van der Waals surface area (Å²) in [7, 11) is -9.64. The Balaban J connectivity index is 1.18. The molecule has 4 aromatic heterocycles. The zero-order valence-electron chi connectivity index (χ0n) is 23.0. The van der Waals surface area contributed by atoms with Crippen LogP contribution in [-0.2, 0) is 27.7 Å². The van der Waals surface area contributed by atoms with E-state index in [1.54, 1.807) is 0 Å². The molecule has 0 amide bonds. The number of anilines is 2. The Morgan fingerprint density at radius 1 is 0.761 bits per heavy atom. The number of nitrogens with one attached hydrogen (secondary N) is 4. The molecule has 3 aliphatic rings. The molecule has 26 heteroatoms. The number of nitrogens with two attached hydrogens (primary N) is 2. The minimum absolute atomic E-state index is 0.0804. The summed E-state index contributed by atoms with van der Waals surface area (Å²) in [5.74, 6) is -0.513. The molecule has 3 fully saturated rings. The van der Waals surface area contributed by atoms with Crippen molar-refractivity contribution < 1.29 is 47.7 Å². The first-order valence-corrected chi connectivity index (χ1v) is 16.5. The van der Waals surface area contributed by atoms with Crippen LogP contribution in [0.4, 0.5) is 11.9 Å². The minimum atomic E-state index is -4.82. The SMILES string of the molecule is Nc1nc2c(ncn2C2OC3COP(=O)(O)NC4C(COP(=O)(O)NC3C2O)OC(n2cnc3c(=O)[nH]c(N)nc32)C4O)c(=O)[nH]1. The van der Waals surface area contributed by atoms with Crippen LogP contribution in [0.15, 0.2) is 22.2 Å². The number of hydrogen-bond donors (Lipinski definition) is 10. The summed E-state index contributed by atoms with van der Waals surface area (Å²) in [6.45, 7) is -1.49. The normalized spacial score (nSPS) is 37.1. The predicted molar refractivity (Wildman–Crippen MR) is 150 cm³/mol. The molecule has 0 spiro atoms. The number of fused-ring (bicyclic) bond motifs is 4. The summed E-state index contributed by atoms with van der Waals surface area (Å²) in [5.41, 5.74) is 9.51. The van der Waals surface area contributed by atoms with Crippen molar-refractivity contribution in [1.82, 2.24) is 49.2 Å². The number of aliphatic hydroxyl groups excluding tert-OH is 2. The molecule has 0 radical (unpaired) electrons. The van der Waals surface area contributed by atoms with Crippen LogP contribution in [0.5, 0.6) is 0 Å². The number of nitrogens with zero attached hydrogens (tertiary/aromatic N) is 6. The molecule has 0 aliphatic carbocycles. The Kier molecular flexibility index (Phi) is 7.39. The van der Waals surface area contributed by atoms with Gasteiger partial charge in [0, 0.05) is 0 Å². The van der Waals surface area contributed by atoms with E-state index in [0.29, 0.717) is 0 Å². The maximum Gasteiger partial charge on any atom is 0.403 e. The van der Waals surface area contributed by atoms with E-state index in [1.165, 1.54) is 0 Å². The van der Waals surface area contributed by atoms with Crippen LogP contribution < -0.4 is 32.8 Å². The van der Waals surface area contributed by atoms with E-state index in [2.05, 4.69) is 40.1 Å². The molecule has 0 aromatic carbocycles. The summed E-state index contributed by atoms with van der Waals surface area (Å²) in [6, 6.07) is -2.91. The molecule has 10 unspecified atom stereocenters. The Hall–Kier alpha value is -3.64. The van der Waals surface area contributed by atoms with Crippen LogP contribution in [0.3, 0.4) is 0 Å². The maximum atomic E-state index is 13.2. The number of aliphatic hydroxyl groups is 2. The van der Waals surface area contributed by atoms with E-state index in [-0.39, 0.29) is 34.2 Å². The first kappa shape index (κ1) is 31.0. The zero-order valence-corrected chi connectivity index (χ0v) is 24.8. The quantitative estimate of drug-likeness (QED) is 0.0899. The molecule has 0 saturated carbocycles. The highest BCUT2D eigenvalue weighted by Crippen LogP contribution is 2.47. The molecule has 24 nitrogen and oxygen atoms in total. The molecule has 10 atom stereocenters. The lowest BCUT2D eigenvalue weighted by atomic mass is 10.1.